The molecule has 110 valence electrons. The molecule has 1 rings (SSSR count). The number of rotatable bonds is 7. The van der Waals surface area contributed by atoms with Crippen LogP contribution in [0, 0.1) is 0 Å². The molecule has 0 aromatic heterocycles. The Balaban J connectivity index is 2.79. The van der Waals surface area contributed by atoms with Crippen LogP contribution in [-0.4, -0.2) is 22.7 Å². The lowest BCUT2D eigenvalue weighted by Gasteiger charge is -2.18. The van der Waals surface area contributed by atoms with E-state index in [4.69, 9.17) is 0 Å². The number of amides is 1. The van der Waals surface area contributed by atoms with Gasteiger partial charge in [0, 0.05) is 18.0 Å². The van der Waals surface area contributed by atoms with Gasteiger partial charge in [-0.2, -0.15) is 0 Å². The highest BCUT2D eigenvalue weighted by molar-refractivity contribution is 5.92. The molecule has 1 unspecified atom stereocenters. The van der Waals surface area contributed by atoms with E-state index in [1.807, 2.05) is 0 Å². The van der Waals surface area contributed by atoms with Crippen LogP contribution in [0.2, 0.25) is 0 Å². The van der Waals surface area contributed by atoms with Crippen molar-refractivity contribution in [2.75, 3.05) is 6.54 Å². The quantitative estimate of drug-likeness (QED) is 0.530. The monoisotopic (exact) mass is 277 g/mol. The van der Waals surface area contributed by atoms with Crippen LogP contribution in [0.4, 0.5) is 0 Å². The van der Waals surface area contributed by atoms with Gasteiger partial charge in [0.05, 0.1) is 0 Å². The molecule has 1 aromatic rings. The largest absolute Gasteiger partial charge is 0.504 e. The van der Waals surface area contributed by atoms with E-state index >= 15 is 0 Å². The summed E-state index contributed by atoms with van der Waals surface area (Å²) in [6, 6.07) is 4.81. The van der Waals surface area contributed by atoms with Crippen LogP contribution in [0.3, 0.4) is 0 Å². The van der Waals surface area contributed by atoms with Gasteiger partial charge in [0.2, 0.25) is 5.91 Å². The van der Waals surface area contributed by atoms with Crippen LogP contribution in [0.5, 0.6) is 11.5 Å². The number of hydrogen-bond acceptors (Lipinski definition) is 3. The van der Waals surface area contributed by atoms with Crippen molar-refractivity contribution in [3.05, 3.63) is 35.9 Å². The molecule has 0 bridgehead atoms. The van der Waals surface area contributed by atoms with Crippen LogP contribution in [0.25, 0.3) is 0 Å². The van der Waals surface area contributed by atoms with Gasteiger partial charge in [-0.3, -0.25) is 4.79 Å². The van der Waals surface area contributed by atoms with Gasteiger partial charge in [-0.25, -0.2) is 0 Å². The molecule has 0 aliphatic heterocycles. The fourth-order valence-electron chi connectivity index (χ4n) is 2.00. The Morgan fingerprint density at radius 3 is 2.60 bits per heavy atom. The first-order chi connectivity index (χ1) is 9.45. The molecule has 0 heterocycles. The summed E-state index contributed by atoms with van der Waals surface area (Å²) in [6.07, 6.45) is 3.02. The van der Waals surface area contributed by atoms with E-state index in [0.29, 0.717) is 12.1 Å². The van der Waals surface area contributed by atoms with Crippen LogP contribution < -0.4 is 5.32 Å². The zero-order valence-corrected chi connectivity index (χ0v) is 12.1. The number of benzene rings is 1. The predicted molar refractivity (Wildman–Crippen MR) is 79.9 cm³/mol. The molecule has 20 heavy (non-hydrogen) atoms. The van der Waals surface area contributed by atoms with Crippen molar-refractivity contribution < 1.29 is 15.0 Å². The molecule has 0 saturated carbocycles. The van der Waals surface area contributed by atoms with Crippen molar-refractivity contribution in [2.24, 2.45) is 0 Å². The third-order valence-electron chi connectivity index (χ3n) is 3.27. The number of unbranched alkanes of at least 4 members (excludes halogenated alkanes) is 1. The molecular formula is C16H23NO3. The van der Waals surface area contributed by atoms with E-state index in [2.05, 4.69) is 18.8 Å². The van der Waals surface area contributed by atoms with E-state index in [1.54, 1.807) is 19.1 Å². The third-order valence-corrected chi connectivity index (χ3v) is 3.27. The summed E-state index contributed by atoms with van der Waals surface area (Å²) in [5.41, 5.74) is 1.39. The summed E-state index contributed by atoms with van der Waals surface area (Å²) >= 11 is 0. The SMILES string of the molecule is C=C(C)C(=O)NCC(CCCC)c1ccc(O)c(O)c1. The molecule has 0 spiro atoms. The van der Waals surface area contributed by atoms with Gasteiger partial charge in [-0.05, 0) is 31.0 Å². The van der Waals surface area contributed by atoms with Crippen molar-refractivity contribution in [1.29, 1.82) is 0 Å². The third kappa shape index (κ3) is 4.61. The molecule has 1 atom stereocenters. The minimum atomic E-state index is -0.158. The molecule has 0 aliphatic rings. The Morgan fingerprint density at radius 1 is 1.35 bits per heavy atom. The fraction of sp³-hybridized carbons (Fsp3) is 0.438. The molecule has 1 aromatic carbocycles. The highest BCUT2D eigenvalue weighted by Gasteiger charge is 2.14. The smallest absolute Gasteiger partial charge is 0.246 e. The van der Waals surface area contributed by atoms with Crippen LogP contribution in [0.1, 0.15) is 44.6 Å². The highest BCUT2D eigenvalue weighted by Crippen LogP contribution is 2.30. The lowest BCUT2D eigenvalue weighted by Crippen LogP contribution is -2.28. The van der Waals surface area contributed by atoms with Crippen molar-refractivity contribution in [2.45, 2.75) is 39.0 Å². The molecule has 0 radical (unpaired) electrons. The maximum Gasteiger partial charge on any atom is 0.246 e. The lowest BCUT2D eigenvalue weighted by atomic mass is 9.93. The minimum absolute atomic E-state index is 0.116. The minimum Gasteiger partial charge on any atom is -0.504 e. The first-order valence-electron chi connectivity index (χ1n) is 6.91. The van der Waals surface area contributed by atoms with Crippen molar-refractivity contribution in [3.63, 3.8) is 0 Å². The van der Waals surface area contributed by atoms with Crippen LogP contribution in [0.15, 0.2) is 30.4 Å². The second-order valence-electron chi connectivity index (χ2n) is 5.08. The van der Waals surface area contributed by atoms with Gasteiger partial charge in [0.15, 0.2) is 11.5 Å². The van der Waals surface area contributed by atoms with E-state index in [9.17, 15) is 15.0 Å². The van der Waals surface area contributed by atoms with Gasteiger partial charge in [0.1, 0.15) is 0 Å². The molecular weight excluding hydrogens is 254 g/mol. The number of nitrogens with one attached hydrogen (secondary N) is 1. The Hall–Kier alpha value is -1.97. The zero-order chi connectivity index (χ0) is 15.1. The molecule has 4 heteroatoms. The first-order valence-corrected chi connectivity index (χ1v) is 6.91. The maximum absolute atomic E-state index is 11.6. The van der Waals surface area contributed by atoms with E-state index in [0.717, 1.165) is 24.8 Å². The standard InChI is InChI=1S/C16H23NO3/c1-4-5-6-13(10-17-16(20)11(2)3)12-7-8-14(18)15(19)9-12/h7-9,13,18-19H,2,4-6,10H2,1,3H3,(H,17,20). The average Bonchev–Trinajstić information content (AvgIpc) is 2.41. The topological polar surface area (TPSA) is 69.6 Å². The second-order valence-corrected chi connectivity index (χ2v) is 5.08. The van der Waals surface area contributed by atoms with Crippen molar-refractivity contribution >= 4 is 5.91 Å². The average molecular weight is 277 g/mol. The van der Waals surface area contributed by atoms with E-state index in [1.165, 1.54) is 6.07 Å². The predicted octanol–water partition coefficient (Wildman–Crippen LogP) is 3.06. The van der Waals surface area contributed by atoms with Crippen LogP contribution in [-0.2, 0) is 4.79 Å². The summed E-state index contributed by atoms with van der Waals surface area (Å²) in [5.74, 6) is -0.302. The van der Waals surface area contributed by atoms with Gasteiger partial charge < -0.3 is 15.5 Å². The maximum atomic E-state index is 11.6. The molecule has 3 N–H and O–H groups in total. The molecule has 0 fully saturated rings. The number of phenols is 2. The van der Waals surface area contributed by atoms with Gasteiger partial charge >= 0.3 is 0 Å². The molecule has 1 amide bonds. The second kappa shape index (κ2) is 7.58. The van der Waals surface area contributed by atoms with E-state index < -0.39 is 0 Å². The Kier molecular flexibility index (Phi) is 6.10. The van der Waals surface area contributed by atoms with Crippen LogP contribution >= 0.6 is 0 Å². The number of aromatic hydroxyl groups is 2. The lowest BCUT2D eigenvalue weighted by molar-refractivity contribution is -0.117. The fourth-order valence-corrected chi connectivity index (χ4v) is 2.00. The summed E-state index contributed by atoms with van der Waals surface area (Å²) < 4.78 is 0. The number of hydrogen-bond donors (Lipinski definition) is 3. The Morgan fingerprint density at radius 2 is 2.05 bits per heavy atom. The molecule has 0 saturated heterocycles. The Labute approximate surface area is 120 Å². The number of carbonyl (C=O) groups is 1. The number of phenolic OH excluding ortho intramolecular Hbond substituents is 2. The normalized spacial score (nSPS) is 11.9. The first kappa shape index (κ1) is 16.1. The van der Waals surface area contributed by atoms with Gasteiger partial charge in [0.25, 0.3) is 0 Å². The Bertz CT molecular complexity index is 483. The number of carbonyl (C=O) groups excluding carboxylic acids is 1. The van der Waals surface area contributed by atoms with Gasteiger partial charge in [-0.1, -0.05) is 32.4 Å². The summed E-state index contributed by atoms with van der Waals surface area (Å²) in [6.45, 7) is 7.88. The summed E-state index contributed by atoms with van der Waals surface area (Å²) in [4.78, 5) is 11.6. The highest BCUT2D eigenvalue weighted by atomic mass is 16.3. The molecule has 0 aliphatic carbocycles. The van der Waals surface area contributed by atoms with Crippen molar-refractivity contribution in [3.8, 4) is 11.5 Å². The zero-order valence-electron chi connectivity index (χ0n) is 12.1. The van der Waals surface area contributed by atoms with E-state index in [-0.39, 0.29) is 23.3 Å². The van der Waals surface area contributed by atoms with Crippen molar-refractivity contribution in [1.82, 2.24) is 5.32 Å². The van der Waals surface area contributed by atoms with Gasteiger partial charge in [-0.15, -0.1) is 0 Å². The summed E-state index contributed by atoms with van der Waals surface area (Å²) in [7, 11) is 0. The summed E-state index contributed by atoms with van der Waals surface area (Å²) in [5, 5.41) is 21.8. The molecule has 4 nitrogen and oxygen atoms in total.